The maximum atomic E-state index is 13.1. The highest BCUT2D eigenvalue weighted by Gasteiger charge is 2.43. The highest BCUT2D eigenvalue weighted by Crippen LogP contribution is 2.36. The Bertz CT molecular complexity index is 485. The van der Waals surface area contributed by atoms with Crippen molar-refractivity contribution in [2.75, 3.05) is 13.7 Å². The van der Waals surface area contributed by atoms with Crippen molar-refractivity contribution < 1.29 is 9.53 Å². The van der Waals surface area contributed by atoms with E-state index in [2.05, 4.69) is 25.7 Å². The van der Waals surface area contributed by atoms with Crippen molar-refractivity contribution in [3.63, 3.8) is 0 Å². The standard InChI is InChI=1S/C19H29NO2/c1-13(2)18-11-17(12-22-5)15(4)20(18)19(21)14(3)16-9-7-6-8-10-16/h6-10,13-15,17-18H,11-12H2,1-5H3/t14?,15?,17?,18-/m0/s1. The molecule has 1 aromatic carbocycles. The van der Waals surface area contributed by atoms with Crippen LogP contribution >= 0.6 is 0 Å². The van der Waals surface area contributed by atoms with Crippen LogP contribution in [0.25, 0.3) is 0 Å². The molecule has 22 heavy (non-hydrogen) atoms. The van der Waals surface area contributed by atoms with E-state index in [1.54, 1.807) is 7.11 Å². The normalized spacial score (nSPS) is 26.5. The smallest absolute Gasteiger partial charge is 0.230 e. The molecule has 1 fully saturated rings. The van der Waals surface area contributed by atoms with Gasteiger partial charge in [0.1, 0.15) is 0 Å². The van der Waals surface area contributed by atoms with E-state index < -0.39 is 0 Å². The van der Waals surface area contributed by atoms with Crippen LogP contribution in [0.15, 0.2) is 30.3 Å². The van der Waals surface area contributed by atoms with Crippen molar-refractivity contribution in [1.82, 2.24) is 4.90 Å². The largest absolute Gasteiger partial charge is 0.384 e. The monoisotopic (exact) mass is 303 g/mol. The van der Waals surface area contributed by atoms with E-state index in [1.165, 1.54) is 0 Å². The van der Waals surface area contributed by atoms with Crippen LogP contribution in [0.1, 0.15) is 45.6 Å². The minimum absolute atomic E-state index is 0.0915. The van der Waals surface area contributed by atoms with Gasteiger partial charge in [0.2, 0.25) is 5.91 Å². The van der Waals surface area contributed by atoms with Crippen LogP contribution in [0, 0.1) is 11.8 Å². The van der Waals surface area contributed by atoms with E-state index in [0.29, 0.717) is 17.9 Å². The Morgan fingerprint density at radius 3 is 2.45 bits per heavy atom. The molecule has 0 N–H and O–H groups in total. The Hall–Kier alpha value is -1.35. The number of nitrogens with zero attached hydrogens (tertiary/aromatic N) is 1. The summed E-state index contributed by atoms with van der Waals surface area (Å²) in [6, 6.07) is 10.6. The number of ether oxygens (including phenoxy) is 1. The number of likely N-dealkylation sites (tertiary alicyclic amines) is 1. The van der Waals surface area contributed by atoms with Gasteiger partial charge in [-0.25, -0.2) is 0 Å². The Morgan fingerprint density at radius 1 is 1.27 bits per heavy atom. The summed E-state index contributed by atoms with van der Waals surface area (Å²) < 4.78 is 5.36. The van der Waals surface area contributed by atoms with Gasteiger partial charge in [-0.05, 0) is 31.7 Å². The number of benzene rings is 1. The third-order valence-corrected chi connectivity index (χ3v) is 5.10. The third kappa shape index (κ3) is 3.35. The van der Waals surface area contributed by atoms with Crippen LogP contribution in [0.5, 0.6) is 0 Å². The van der Waals surface area contributed by atoms with Crippen LogP contribution in [0.3, 0.4) is 0 Å². The van der Waals surface area contributed by atoms with Crippen LogP contribution < -0.4 is 0 Å². The number of hydrogen-bond donors (Lipinski definition) is 0. The summed E-state index contributed by atoms with van der Waals surface area (Å²) in [6.07, 6.45) is 1.04. The molecule has 0 aromatic heterocycles. The van der Waals surface area contributed by atoms with Gasteiger partial charge in [-0.2, -0.15) is 0 Å². The average Bonchev–Trinajstić information content (AvgIpc) is 2.84. The van der Waals surface area contributed by atoms with Crippen LogP contribution in [-0.2, 0) is 9.53 Å². The van der Waals surface area contributed by atoms with Gasteiger partial charge in [0, 0.05) is 25.1 Å². The molecule has 0 bridgehead atoms. The first kappa shape index (κ1) is 17.0. The quantitative estimate of drug-likeness (QED) is 0.830. The molecule has 1 aliphatic heterocycles. The van der Waals surface area contributed by atoms with Crippen LogP contribution in [-0.4, -0.2) is 36.6 Å². The van der Waals surface area contributed by atoms with Gasteiger partial charge in [0.15, 0.2) is 0 Å². The predicted molar refractivity (Wildman–Crippen MR) is 89.8 cm³/mol. The van der Waals surface area contributed by atoms with Crippen LogP contribution in [0.4, 0.5) is 0 Å². The minimum Gasteiger partial charge on any atom is -0.384 e. The molecular formula is C19H29NO2. The van der Waals surface area contributed by atoms with Gasteiger partial charge in [-0.1, -0.05) is 44.2 Å². The second-order valence-electron chi connectivity index (χ2n) is 6.88. The number of carbonyl (C=O) groups is 1. The molecule has 1 aliphatic rings. The van der Waals surface area contributed by atoms with Crippen molar-refractivity contribution in [1.29, 1.82) is 0 Å². The van der Waals surface area contributed by atoms with Crippen molar-refractivity contribution in [2.24, 2.45) is 11.8 Å². The predicted octanol–water partition coefficient (Wildman–Crippen LogP) is 3.70. The molecule has 1 amide bonds. The van der Waals surface area contributed by atoms with E-state index in [0.717, 1.165) is 18.6 Å². The molecule has 0 saturated carbocycles. The first-order valence-corrected chi connectivity index (χ1v) is 8.33. The molecule has 3 unspecified atom stereocenters. The van der Waals surface area contributed by atoms with E-state index in [-0.39, 0.29) is 17.9 Å². The number of methoxy groups -OCH3 is 1. The molecule has 0 spiro atoms. The first-order chi connectivity index (χ1) is 10.5. The topological polar surface area (TPSA) is 29.5 Å². The Kier molecular flexibility index (Phi) is 5.63. The highest BCUT2D eigenvalue weighted by atomic mass is 16.5. The molecule has 122 valence electrons. The van der Waals surface area contributed by atoms with Crippen LogP contribution in [0.2, 0.25) is 0 Å². The van der Waals surface area contributed by atoms with Crippen molar-refractivity contribution in [2.45, 2.75) is 52.1 Å². The molecule has 1 saturated heterocycles. The number of carbonyl (C=O) groups excluding carboxylic acids is 1. The minimum atomic E-state index is -0.0915. The summed E-state index contributed by atoms with van der Waals surface area (Å²) in [6.45, 7) is 9.33. The maximum absolute atomic E-state index is 13.1. The maximum Gasteiger partial charge on any atom is 0.230 e. The molecule has 4 atom stereocenters. The number of hydrogen-bond acceptors (Lipinski definition) is 2. The molecule has 0 aliphatic carbocycles. The lowest BCUT2D eigenvalue weighted by Gasteiger charge is -2.34. The van der Waals surface area contributed by atoms with Crippen molar-refractivity contribution >= 4 is 5.91 Å². The molecule has 2 rings (SSSR count). The molecule has 0 radical (unpaired) electrons. The number of rotatable bonds is 5. The fourth-order valence-electron chi connectivity index (χ4n) is 3.64. The zero-order valence-electron chi connectivity index (χ0n) is 14.5. The summed E-state index contributed by atoms with van der Waals surface area (Å²) in [7, 11) is 1.74. The summed E-state index contributed by atoms with van der Waals surface area (Å²) in [5.41, 5.74) is 1.09. The zero-order chi connectivity index (χ0) is 16.3. The van der Waals surface area contributed by atoms with Crippen molar-refractivity contribution in [3.8, 4) is 0 Å². The molecular weight excluding hydrogens is 274 g/mol. The average molecular weight is 303 g/mol. The molecule has 3 heteroatoms. The first-order valence-electron chi connectivity index (χ1n) is 8.33. The summed E-state index contributed by atoms with van der Waals surface area (Å²) in [5.74, 6) is 1.06. The molecule has 1 heterocycles. The van der Waals surface area contributed by atoms with Crippen molar-refractivity contribution in [3.05, 3.63) is 35.9 Å². The summed E-state index contributed by atoms with van der Waals surface area (Å²) in [5, 5.41) is 0. The Labute approximate surface area is 134 Å². The van der Waals surface area contributed by atoms with Gasteiger partial charge < -0.3 is 9.64 Å². The Balaban J connectivity index is 2.21. The van der Waals surface area contributed by atoms with E-state index in [1.807, 2.05) is 37.3 Å². The second kappa shape index (κ2) is 7.28. The van der Waals surface area contributed by atoms with Gasteiger partial charge in [0.25, 0.3) is 0 Å². The lowest BCUT2D eigenvalue weighted by atomic mass is 9.95. The summed E-state index contributed by atoms with van der Waals surface area (Å²) >= 11 is 0. The fourth-order valence-corrected chi connectivity index (χ4v) is 3.64. The second-order valence-corrected chi connectivity index (χ2v) is 6.88. The lowest BCUT2D eigenvalue weighted by molar-refractivity contribution is -0.136. The van der Waals surface area contributed by atoms with Gasteiger partial charge in [-0.15, -0.1) is 0 Å². The summed E-state index contributed by atoms with van der Waals surface area (Å²) in [4.78, 5) is 15.2. The zero-order valence-corrected chi connectivity index (χ0v) is 14.5. The Morgan fingerprint density at radius 2 is 1.91 bits per heavy atom. The van der Waals surface area contributed by atoms with Gasteiger partial charge in [-0.3, -0.25) is 4.79 Å². The van der Waals surface area contributed by atoms with Gasteiger partial charge >= 0.3 is 0 Å². The third-order valence-electron chi connectivity index (χ3n) is 5.10. The highest BCUT2D eigenvalue weighted by molar-refractivity contribution is 5.84. The molecule has 3 nitrogen and oxygen atoms in total. The van der Waals surface area contributed by atoms with E-state index in [9.17, 15) is 4.79 Å². The van der Waals surface area contributed by atoms with Gasteiger partial charge in [0.05, 0.1) is 12.5 Å². The number of amides is 1. The van der Waals surface area contributed by atoms with E-state index >= 15 is 0 Å². The lowest BCUT2D eigenvalue weighted by Crippen LogP contribution is -2.45. The molecule has 1 aromatic rings. The fraction of sp³-hybridized carbons (Fsp3) is 0.632. The SMILES string of the molecule is COCC1C[C@@H](C(C)C)N(C(=O)C(C)c2ccccc2)C1C. The van der Waals surface area contributed by atoms with E-state index in [4.69, 9.17) is 4.74 Å².